The quantitative estimate of drug-likeness (QED) is 0.889. The second kappa shape index (κ2) is 8.16. The summed E-state index contributed by atoms with van der Waals surface area (Å²) in [4.78, 5) is 13.8. The number of amides is 1. The van der Waals surface area contributed by atoms with E-state index in [-0.39, 0.29) is 18.3 Å². The van der Waals surface area contributed by atoms with Crippen LogP contribution < -0.4 is 5.32 Å². The van der Waals surface area contributed by atoms with Gasteiger partial charge in [0, 0.05) is 31.9 Å². The summed E-state index contributed by atoms with van der Waals surface area (Å²) >= 11 is 0. The van der Waals surface area contributed by atoms with E-state index in [1.807, 2.05) is 0 Å². The minimum atomic E-state index is -4.49. The number of benzene rings is 1. The minimum absolute atomic E-state index is 0. The fourth-order valence-electron chi connectivity index (χ4n) is 2.00. The average Bonchev–Trinajstić information content (AvgIpc) is 3.02. The fraction of sp³-hybridized carbons (Fsp3) is 0.333. The Morgan fingerprint density at radius 3 is 2.62 bits per heavy atom. The van der Waals surface area contributed by atoms with Gasteiger partial charge >= 0.3 is 6.18 Å². The lowest BCUT2D eigenvalue weighted by Gasteiger charge is -2.17. The van der Waals surface area contributed by atoms with Crippen molar-refractivity contribution < 1.29 is 18.0 Å². The lowest BCUT2D eigenvalue weighted by Crippen LogP contribution is -2.32. The van der Waals surface area contributed by atoms with Gasteiger partial charge in [0.05, 0.1) is 5.69 Å². The molecule has 0 aliphatic heterocycles. The predicted molar refractivity (Wildman–Crippen MR) is 86.7 cm³/mol. The highest BCUT2D eigenvalue weighted by Crippen LogP contribution is 2.27. The van der Waals surface area contributed by atoms with Crippen LogP contribution in [0.4, 0.5) is 13.2 Å². The lowest BCUT2D eigenvalue weighted by molar-refractivity contribution is -0.141. The first kappa shape index (κ1) is 20.0. The molecule has 2 rings (SSSR count). The molecule has 132 valence electrons. The largest absolute Gasteiger partial charge is 0.435 e. The number of alkyl halides is 3. The van der Waals surface area contributed by atoms with E-state index in [9.17, 15) is 18.0 Å². The first-order valence-electron chi connectivity index (χ1n) is 6.96. The molecule has 0 saturated heterocycles. The highest BCUT2D eigenvalue weighted by Gasteiger charge is 2.33. The molecule has 0 radical (unpaired) electrons. The Morgan fingerprint density at radius 1 is 1.33 bits per heavy atom. The third-order valence-electron chi connectivity index (χ3n) is 3.28. The van der Waals surface area contributed by atoms with Gasteiger partial charge in [0.2, 0.25) is 0 Å². The van der Waals surface area contributed by atoms with Gasteiger partial charge in [-0.05, 0) is 31.3 Å². The zero-order chi connectivity index (χ0) is 17.0. The van der Waals surface area contributed by atoms with E-state index in [4.69, 9.17) is 0 Å². The molecule has 0 unspecified atom stereocenters. The third kappa shape index (κ3) is 4.72. The van der Waals surface area contributed by atoms with E-state index < -0.39 is 11.9 Å². The first-order chi connectivity index (χ1) is 10.8. The van der Waals surface area contributed by atoms with Gasteiger partial charge in [-0.25, -0.2) is 4.68 Å². The molecule has 1 N–H and O–H groups in total. The maximum absolute atomic E-state index is 12.6. The number of hydrogen-bond acceptors (Lipinski definition) is 3. The number of aromatic nitrogens is 2. The monoisotopic (exact) mass is 362 g/mol. The van der Waals surface area contributed by atoms with Crippen LogP contribution in [0.25, 0.3) is 5.69 Å². The molecule has 0 saturated carbocycles. The Kier molecular flexibility index (Phi) is 6.80. The second-order valence-corrected chi connectivity index (χ2v) is 5.02. The van der Waals surface area contributed by atoms with E-state index in [0.29, 0.717) is 24.3 Å². The Bertz CT molecular complexity index is 687. The van der Waals surface area contributed by atoms with Gasteiger partial charge in [0.1, 0.15) is 0 Å². The van der Waals surface area contributed by atoms with Gasteiger partial charge in [0.15, 0.2) is 5.69 Å². The van der Waals surface area contributed by atoms with Gasteiger partial charge in [-0.15, -0.1) is 12.4 Å². The zero-order valence-electron chi connectivity index (χ0n) is 13.2. The van der Waals surface area contributed by atoms with Crippen LogP contribution in [-0.4, -0.2) is 47.8 Å². The van der Waals surface area contributed by atoms with Crippen molar-refractivity contribution in [1.82, 2.24) is 20.0 Å². The summed E-state index contributed by atoms with van der Waals surface area (Å²) in [5.74, 6) is -0.203. The molecule has 1 aromatic carbocycles. The van der Waals surface area contributed by atoms with E-state index in [1.54, 1.807) is 37.2 Å². The fourth-order valence-corrected chi connectivity index (χ4v) is 2.00. The molecule has 0 atom stereocenters. The molecule has 0 fully saturated rings. The van der Waals surface area contributed by atoms with Gasteiger partial charge in [-0.2, -0.15) is 18.3 Å². The molecule has 1 amide bonds. The van der Waals surface area contributed by atoms with E-state index in [2.05, 4.69) is 10.4 Å². The number of hydrogen-bond donors (Lipinski definition) is 1. The van der Waals surface area contributed by atoms with Gasteiger partial charge < -0.3 is 10.2 Å². The van der Waals surface area contributed by atoms with E-state index in [0.717, 1.165) is 10.7 Å². The summed E-state index contributed by atoms with van der Waals surface area (Å²) in [6.07, 6.45) is -3.27. The van der Waals surface area contributed by atoms with Crippen molar-refractivity contribution in [3.8, 4) is 5.69 Å². The molecule has 0 aliphatic carbocycles. The van der Waals surface area contributed by atoms with Crippen LogP contribution in [-0.2, 0) is 6.18 Å². The normalized spacial score (nSPS) is 11.0. The van der Waals surface area contributed by atoms with Gasteiger partial charge in [0.25, 0.3) is 5.91 Å². The van der Waals surface area contributed by atoms with Crippen LogP contribution in [0.15, 0.2) is 36.5 Å². The van der Waals surface area contributed by atoms with Crippen molar-refractivity contribution >= 4 is 18.3 Å². The first-order valence-corrected chi connectivity index (χ1v) is 6.96. The minimum Gasteiger partial charge on any atom is -0.340 e. The van der Waals surface area contributed by atoms with Gasteiger partial charge in [-0.1, -0.05) is 6.07 Å². The SMILES string of the molecule is CNCCN(C)C(=O)c1cccc(-n2ccc(C(F)(F)F)n2)c1.Cl. The number of rotatable bonds is 5. The summed E-state index contributed by atoms with van der Waals surface area (Å²) in [6.45, 7) is 1.18. The highest BCUT2D eigenvalue weighted by molar-refractivity contribution is 5.94. The maximum Gasteiger partial charge on any atom is 0.435 e. The molecular formula is C15H18ClF3N4O. The van der Waals surface area contributed by atoms with Crippen LogP contribution in [0.5, 0.6) is 0 Å². The molecule has 0 bridgehead atoms. The smallest absolute Gasteiger partial charge is 0.340 e. The molecule has 0 spiro atoms. The molecule has 24 heavy (non-hydrogen) atoms. The Balaban J connectivity index is 0.00000288. The Hall–Kier alpha value is -2.06. The van der Waals surface area contributed by atoms with Crippen molar-refractivity contribution in [2.24, 2.45) is 0 Å². The van der Waals surface area contributed by atoms with E-state index in [1.165, 1.54) is 12.3 Å². The topological polar surface area (TPSA) is 50.2 Å². The average molecular weight is 363 g/mol. The van der Waals surface area contributed by atoms with Crippen molar-refractivity contribution in [3.05, 3.63) is 47.8 Å². The second-order valence-electron chi connectivity index (χ2n) is 5.02. The van der Waals surface area contributed by atoms with Crippen LogP contribution >= 0.6 is 12.4 Å². The molecular weight excluding hydrogens is 345 g/mol. The lowest BCUT2D eigenvalue weighted by atomic mass is 10.2. The zero-order valence-corrected chi connectivity index (χ0v) is 14.0. The number of likely N-dealkylation sites (N-methyl/N-ethyl adjacent to an activating group) is 2. The molecule has 1 aromatic heterocycles. The van der Waals surface area contributed by atoms with Crippen molar-refractivity contribution in [1.29, 1.82) is 0 Å². The number of carbonyl (C=O) groups excluding carboxylic acids is 1. The summed E-state index contributed by atoms with van der Waals surface area (Å²) in [5, 5.41) is 6.45. The highest BCUT2D eigenvalue weighted by atomic mass is 35.5. The standard InChI is InChI=1S/C15H17F3N4O.ClH/c1-19-7-9-21(2)14(23)11-4-3-5-12(10-11)22-8-6-13(20-22)15(16,17)18;/h3-6,8,10,19H,7,9H2,1-2H3;1H. The molecule has 0 aliphatic rings. The number of halogens is 4. The van der Waals surface area contributed by atoms with Crippen molar-refractivity contribution in [3.63, 3.8) is 0 Å². The van der Waals surface area contributed by atoms with Crippen LogP contribution in [0.2, 0.25) is 0 Å². The summed E-state index contributed by atoms with van der Waals surface area (Å²) in [5.41, 5.74) is -0.182. The van der Waals surface area contributed by atoms with Crippen LogP contribution in [0, 0.1) is 0 Å². The Morgan fingerprint density at radius 2 is 2.04 bits per heavy atom. The summed E-state index contributed by atoms with van der Waals surface area (Å²) in [6, 6.07) is 7.25. The molecule has 9 heteroatoms. The molecule has 2 aromatic rings. The van der Waals surface area contributed by atoms with Crippen LogP contribution in [0.3, 0.4) is 0 Å². The number of nitrogens with zero attached hydrogens (tertiary/aromatic N) is 3. The molecule has 5 nitrogen and oxygen atoms in total. The summed E-state index contributed by atoms with van der Waals surface area (Å²) < 4.78 is 38.9. The van der Waals surface area contributed by atoms with Crippen molar-refractivity contribution in [2.45, 2.75) is 6.18 Å². The number of nitrogens with one attached hydrogen (secondary N) is 1. The predicted octanol–water partition coefficient (Wildman–Crippen LogP) is 2.60. The van der Waals surface area contributed by atoms with Crippen molar-refractivity contribution in [2.75, 3.05) is 27.2 Å². The summed E-state index contributed by atoms with van der Waals surface area (Å²) in [7, 11) is 3.46. The van der Waals surface area contributed by atoms with E-state index >= 15 is 0 Å². The van der Waals surface area contributed by atoms with Gasteiger partial charge in [-0.3, -0.25) is 4.79 Å². The van der Waals surface area contributed by atoms with Crippen LogP contribution in [0.1, 0.15) is 16.1 Å². The number of carbonyl (C=O) groups is 1. The maximum atomic E-state index is 12.6. The Labute approximate surface area is 143 Å². The third-order valence-corrected chi connectivity index (χ3v) is 3.28. The molecule has 1 heterocycles.